The smallest absolute Gasteiger partial charge is 0.125 e. The average Bonchev–Trinajstić information content (AvgIpc) is 2.41. The van der Waals surface area contributed by atoms with Crippen molar-refractivity contribution in [3.05, 3.63) is 35.9 Å². The molecule has 0 aromatic heterocycles. The summed E-state index contributed by atoms with van der Waals surface area (Å²) in [6.07, 6.45) is 0.870. The number of carbonyl (C=O) groups is 1. The molecule has 0 aliphatic heterocycles. The molecule has 0 aliphatic carbocycles. The minimum absolute atomic E-state index is 0.0381. The Kier molecular flexibility index (Phi) is 6.61. The molecule has 0 amide bonds. The van der Waals surface area contributed by atoms with Gasteiger partial charge in [-0.15, -0.1) is 0 Å². The van der Waals surface area contributed by atoms with Gasteiger partial charge >= 0.3 is 0 Å². The lowest BCUT2D eigenvalue weighted by atomic mass is 9.92. The zero-order chi connectivity index (χ0) is 13.4. The minimum Gasteiger partial charge on any atom is -0.392 e. The van der Waals surface area contributed by atoms with Crippen LogP contribution in [0.1, 0.15) is 25.8 Å². The lowest BCUT2D eigenvalue weighted by molar-refractivity contribution is -0.116. The molecule has 0 spiro atoms. The maximum Gasteiger partial charge on any atom is 0.125 e. The van der Waals surface area contributed by atoms with Crippen molar-refractivity contribution >= 4 is 6.29 Å². The maximum atomic E-state index is 10.8. The van der Waals surface area contributed by atoms with Crippen LogP contribution in [0.2, 0.25) is 0 Å². The van der Waals surface area contributed by atoms with Crippen molar-refractivity contribution in [3.63, 3.8) is 0 Å². The summed E-state index contributed by atoms with van der Waals surface area (Å²) in [5, 5.41) is 9.96. The van der Waals surface area contributed by atoms with Crippen LogP contribution in [-0.2, 0) is 16.1 Å². The quantitative estimate of drug-likeness (QED) is 0.721. The Morgan fingerprint density at radius 2 is 2.00 bits per heavy atom. The molecule has 0 heterocycles. The van der Waals surface area contributed by atoms with Gasteiger partial charge in [0.25, 0.3) is 0 Å². The fourth-order valence-corrected chi connectivity index (χ4v) is 1.88. The third-order valence-electron chi connectivity index (χ3n) is 3.16. The molecule has 3 heteroatoms. The summed E-state index contributed by atoms with van der Waals surface area (Å²) >= 11 is 0. The van der Waals surface area contributed by atoms with Crippen LogP contribution in [0.3, 0.4) is 0 Å². The first-order valence-electron chi connectivity index (χ1n) is 6.44. The van der Waals surface area contributed by atoms with E-state index in [1.807, 2.05) is 44.2 Å². The molecule has 0 aliphatic rings. The van der Waals surface area contributed by atoms with Crippen molar-refractivity contribution in [2.45, 2.75) is 33.0 Å². The summed E-state index contributed by atoms with van der Waals surface area (Å²) in [5.74, 6) is -0.329. The molecule has 3 atom stereocenters. The van der Waals surface area contributed by atoms with Crippen LogP contribution in [0.4, 0.5) is 0 Å². The predicted octanol–water partition coefficient (Wildman–Crippen LogP) is 2.43. The summed E-state index contributed by atoms with van der Waals surface area (Å²) < 4.78 is 5.57. The lowest BCUT2D eigenvalue weighted by Gasteiger charge is -2.22. The molecule has 100 valence electrons. The van der Waals surface area contributed by atoms with Gasteiger partial charge in [-0.1, -0.05) is 44.2 Å². The molecule has 1 N–H and O–H groups in total. The van der Waals surface area contributed by atoms with Gasteiger partial charge in [0, 0.05) is 11.8 Å². The number of aliphatic hydroxyl groups excluding tert-OH is 1. The third-order valence-corrected chi connectivity index (χ3v) is 3.16. The number of carbonyl (C=O) groups excluding carboxylic acids is 1. The van der Waals surface area contributed by atoms with Crippen molar-refractivity contribution < 1.29 is 14.6 Å². The fourth-order valence-electron chi connectivity index (χ4n) is 1.88. The number of aldehydes is 1. The predicted molar refractivity (Wildman–Crippen MR) is 71.1 cm³/mol. The van der Waals surface area contributed by atoms with E-state index in [9.17, 15) is 9.90 Å². The maximum absolute atomic E-state index is 10.8. The van der Waals surface area contributed by atoms with Gasteiger partial charge in [0.15, 0.2) is 0 Å². The monoisotopic (exact) mass is 250 g/mol. The van der Waals surface area contributed by atoms with E-state index >= 15 is 0 Å². The third kappa shape index (κ3) is 4.59. The first-order chi connectivity index (χ1) is 8.69. The van der Waals surface area contributed by atoms with Gasteiger partial charge in [0.1, 0.15) is 6.29 Å². The molecule has 0 saturated heterocycles. The standard InChI is InChI=1S/C15H22O3/c1-3-14(9-16)15(17)12(2)10-18-11-13-7-5-4-6-8-13/h4-9,12,14-15,17H,3,10-11H2,1-2H3/t12-,14-,15-/m1/s1. The number of benzene rings is 1. The Bertz CT molecular complexity index is 337. The summed E-state index contributed by atoms with van der Waals surface area (Å²) in [6.45, 7) is 4.80. The van der Waals surface area contributed by atoms with Gasteiger partial charge < -0.3 is 14.6 Å². The number of rotatable bonds is 8. The summed E-state index contributed by atoms with van der Waals surface area (Å²) in [4.78, 5) is 10.8. The highest BCUT2D eigenvalue weighted by atomic mass is 16.5. The molecule has 1 aromatic carbocycles. The first-order valence-corrected chi connectivity index (χ1v) is 6.44. The van der Waals surface area contributed by atoms with Crippen LogP contribution < -0.4 is 0 Å². The van der Waals surface area contributed by atoms with Crippen LogP contribution in [0.15, 0.2) is 30.3 Å². The molecule has 0 unspecified atom stereocenters. The normalized spacial score (nSPS) is 15.9. The molecule has 0 saturated carbocycles. The van der Waals surface area contributed by atoms with Crippen LogP contribution in [0.25, 0.3) is 0 Å². The Morgan fingerprint density at radius 1 is 1.33 bits per heavy atom. The lowest BCUT2D eigenvalue weighted by Crippen LogP contribution is -2.31. The van der Waals surface area contributed by atoms with E-state index in [2.05, 4.69) is 0 Å². The first kappa shape index (κ1) is 14.9. The second-order valence-electron chi connectivity index (χ2n) is 4.68. The topological polar surface area (TPSA) is 46.5 Å². The fraction of sp³-hybridized carbons (Fsp3) is 0.533. The number of hydrogen-bond donors (Lipinski definition) is 1. The Hall–Kier alpha value is -1.19. The van der Waals surface area contributed by atoms with E-state index in [4.69, 9.17) is 4.74 Å². The van der Waals surface area contributed by atoms with Crippen LogP contribution >= 0.6 is 0 Å². The summed E-state index contributed by atoms with van der Waals surface area (Å²) in [7, 11) is 0. The Labute approximate surface area is 109 Å². The highest BCUT2D eigenvalue weighted by molar-refractivity contribution is 5.54. The molecular formula is C15H22O3. The zero-order valence-electron chi connectivity index (χ0n) is 11.1. The van der Waals surface area contributed by atoms with Crippen LogP contribution in [-0.4, -0.2) is 24.1 Å². The zero-order valence-corrected chi connectivity index (χ0v) is 11.1. The number of aliphatic hydroxyl groups is 1. The Balaban J connectivity index is 2.32. The Morgan fingerprint density at radius 3 is 2.56 bits per heavy atom. The summed E-state index contributed by atoms with van der Waals surface area (Å²) in [5.41, 5.74) is 1.11. The highest BCUT2D eigenvalue weighted by Crippen LogP contribution is 2.15. The minimum atomic E-state index is -0.622. The van der Waals surface area contributed by atoms with Crippen LogP contribution in [0, 0.1) is 11.8 Å². The van der Waals surface area contributed by atoms with Gasteiger partial charge in [0.05, 0.1) is 19.3 Å². The van der Waals surface area contributed by atoms with Crippen molar-refractivity contribution in [1.29, 1.82) is 0 Å². The molecule has 3 nitrogen and oxygen atoms in total. The molecule has 18 heavy (non-hydrogen) atoms. The molecular weight excluding hydrogens is 228 g/mol. The van der Waals surface area contributed by atoms with Crippen LogP contribution in [0.5, 0.6) is 0 Å². The SMILES string of the molecule is CC[C@H](C=O)[C@H](O)[C@H](C)COCc1ccccc1. The van der Waals surface area contributed by atoms with E-state index in [0.29, 0.717) is 19.6 Å². The summed E-state index contributed by atoms with van der Waals surface area (Å²) in [6, 6.07) is 9.90. The van der Waals surface area contributed by atoms with Crippen molar-refractivity contribution in [2.24, 2.45) is 11.8 Å². The van der Waals surface area contributed by atoms with E-state index in [1.54, 1.807) is 0 Å². The average molecular weight is 250 g/mol. The van der Waals surface area contributed by atoms with Gasteiger partial charge in [0.2, 0.25) is 0 Å². The molecule has 1 rings (SSSR count). The number of hydrogen-bond acceptors (Lipinski definition) is 3. The van der Waals surface area contributed by atoms with Crippen molar-refractivity contribution in [1.82, 2.24) is 0 Å². The van der Waals surface area contributed by atoms with Crippen molar-refractivity contribution in [2.75, 3.05) is 6.61 Å². The van der Waals surface area contributed by atoms with Gasteiger partial charge in [-0.3, -0.25) is 0 Å². The van der Waals surface area contributed by atoms with E-state index in [-0.39, 0.29) is 11.8 Å². The van der Waals surface area contributed by atoms with Gasteiger partial charge in [-0.25, -0.2) is 0 Å². The number of ether oxygens (including phenoxy) is 1. The van der Waals surface area contributed by atoms with Gasteiger partial charge in [-0.2, -0.15) is 0 Å². The van der Waals surface area contributed by atoms with E-state index < -0.39 is 6.10 Å². The second kappa shape index (κ2) is 8.01. The molecule has 0 radical (unpaired) electrons. The molecule has 0 bridgehead atoms. The highest BCUT2D eigenvalue weighted by Gasteiger charge is 2.22. The largest absolute Gasteiger partial charge is 0.392 e. The second-order valence-corrected chi connectivity index (χ2v) is 4.68. The van der Waals surface area contributed by atoms with E-state index in [0.717, 1.165) is 11.8 Å². The van der Waals surface area contributed by atoms with Gasteiger partial charge in [-0.05, 0) is 12.0 Å². The molecule has 0 fully saturated rings. The van der Waals surface area contributed by atoms with E-state index in [1.165, 1.54) is 0 Å². The molecule has 1 aromatic rings. The van der Waals surface area contributed by atoms with Crippen molar-refractivity contribution in [3.8, 4) is 0 Å².